The average Bonchev–Trinajstić information content (AvgIpc) is 2.66. The highest BCUT2D eigenvalue weighted by molar-refractivity contribution is 7.71. The topological polar surface area (TPSA) is 92.4 Å². The Morgan fingerprint density at radius 1 is 1.12 bits per heavy atom. The zero-order chi connectivity index (χ0) is 18.5. The average molecular weight is 368 g/mol. The summed E-state index contributed by atoms with van der Waals surface area (Å²) in [5.41, 5.74) is 2.07. The standard InChI is InChI=1S/C18H16N4O3S/c1-24-14-7-6-11(8-15(14)25-2)10-19-13-5-3-4-12(9-13)16-17(23)20-18(26)22-21-16/h3-10H,1-2H3,(H2,20,22,23,26). The number of rotatable bonds is 5. The van der Waals surface area contributed by atoms with Crippen molar-refractivity contribution in [1.82, 2.24) is 15.2 Å². The summed E-state index contributed by atoms with van der Waals surface area (Å²) in [6, 6.07) is 12.7. The van der Waals surface area contributed by atoms with Crippen LogP contribution in [-0.4, -0.2) is 35.6 Å². The second-order valence-electron chi connectivity index (χ2n) is 5.28. The maximum atomic E-state index is 12.0. The summed E-state index contributed by atoms with van der Waals surface area (Å²) < 4.78 is 10.7. The van der Waals surface area contributed by atoms with Gasteiger partial charge >= 0.3 is 0 Å². The molecule has 1 heterocycles. The van der Waals surface area contributed by atoms with Gasteiger partial charge in [0.15, 0.2) is 22.0 Å². The molecule has 0 atom stereocenters. The number of methoxy groups -OCH3 is 2. The third kappa shape index (κ3) is 3.86. The zero-order valence-electron chi connectivity index (χ0n) is 14.1. The minimum Gasteiger partial charge on any atom is -0.493 e. The molecule has 2 N–H and O–H groups in total. The summed E-state index contributed by atoms with van der Waals surface area (Å²) in [6.45, 7) is 0. The van der Waals surface area contributed by atoms with E-state index in [9.17, 15) is 4.79 Å². The molecule has 3 rings (SSSR count). The number of nitrogens with one attached hydrogen (secondary N) is 2. The van der Waals surface area contributed by atoms with Gasteiger partial charge in [-0.3, -0.25) is 19.9 Å². The lowest BCUT2D eigenvalue weighted by Gasteiger charge is -2.07. The normalized spacial score (nSPS) is 10.8. The Kier molecular flexibility index (Phi) is 5.23. The maximum Gasteiger partial charge on any atom is 0.278 e. The van der Waals surface area contributed by atoms with Gasteiger partial charge in [0.2, 0.25) is 0 Å². The van der Waals surface area contributed by atoms with Gasteiger partial charge in [0, 0.05) is 11.8 Å². The Hall–Kier alpha value is -3.26. The van der Waals surface area contributed by atoms with Crippen LogP contribution in [0.1, 0.15) is 5.56 Å². The van der Waals surface area contributed by atoms with Crippen LogP contribution < -0.4 is 15.0 Å². The quantitative estimate of drug-likeness (QED) is 0.533. The van der Waals surface area contributed by atoms with Crippen LogP contribution in [0.25, 0.3) is 11.3 Å². The molecule has 0 bridgehead atoms. The van der Waals surface area contributed by atoms with Crippen molar-refractivity contribution in [3.63, 3.8) is 0 Å². The predicted molar refractivity (Wildman–Crippen MR) is 102 cm³/mol. The number of aromatic nitrogens is 3. The Bertz CT molecular complexity index is 1070. The molecule has 0 saturated heterocycles. The SMILES string of the molecule is COc1ccc(C=Nc2cccc(-c3n[nH]c(=S)[nH]c3=O)c2)cc1OC. The summed E-state index contributed by atoms with van der Waals surface area (Å²) in [7, 11) is 3.17. The molecule has 2 aromatic carbocycles. The van der Waals surface area contributed by atoms with E-state index in [1.165, 1.54) is 0 Å². The van der Waals surface area contributed by atoms with Crippen molar-refractivity contribution in [3.05, 3.63) is 63.2 Å². The lowest BCUT2D eigenvalue weighted by molar-refractivity contribution is 0.355. The van der Waals surface area contributed by atoms with E-state index < -0.39 is 0 Å². The Balaban J connectivity index is 1.90. The van der Waals surface area contributed by atoms with Gasteiger partial charge in [0.25, 0.3) is 5.56 Å². The molecule has 0 fully saturated rings. The first-order valence-electron chi connectivity index (χ1n) is 7.66. The van der Waals surface area contributed by atoms with E-state index in [1.54, 1.807) is 38.6 Å². The fourth-order valence-electron chi connectivity index (χ4n) is 2.36. The lowest BCUT2D eigenvalue weighted by Crippen LogP contribution is -2.12. The molecule has 0 spiro atoms. The first-order chi connectivity index (χ1) is 12.6. The number of aliphatic imine (C=N–C) groups is 1. The molecule has 8 heteroatoms. The minimum atomic E-state index is -0.352. The van der Waals surface area contributed by atoms with Gasteiger partial charge in [0.1, 0.15) is 0 Å². The van der Waals surface area contributed by atoms with Crippen molar-refractivity contribution in [3.8, 4) is 22.8 Å². The summed E-state index contributed by atoms with van der Waals surface area (Å²) in [4.78, 5) is 19.0. The van der Waals surface area contributed by atoms with Crippen molar-refractivity contribution in [2.24, 2.45) is 4.99 Å². The molecule has 132 valence electrons. The van der Waals surface area contributed by atoms with Gasteiger partial charge in [-0.2, -0.15) is 5.10 Å². The number of hydrogen-bond acceptors (Lipinski definition) is 6. The van der Waals surface area contributed by atoms with E-state index >= 15 is 0 Å². The first-order valence-corrected chi connectivity index (χ1v) is 8.07. The molecule has 26 heavy (non-hydrogen) atoms. The molecule has 0 radical (unpaired) electrons. The second-order valence-corrected chi connectivity index (χ2v) is 5.69. The highest BCUT2D eigenvalue weighted by Gasteiger charge is 2.06. The Morgan fingerprint density at radius 3 is 2.65 bits per heavy atom. The second kappa shape index (κ2) is 7.75. The Morgan fingerprint density at radius 2 is 1.92 bits per heavy atom. The third-order valence-electron chi connectivity index (χ3n) is 3.60. The number of H-pyrrole nitrogens is 2. The van der Waals surface area contributed by atoms with Crippen LogP contribution in [0.2, 0.25) is 0 Å². The number of nitrogens with zero attached hydrogens (tertiary/aromatic N) is 2. The van der Waals surface area contributed by atoms with Crippen LogP contribution >= 0.6 is 12.2 Å². The van der Waals surface area contributed by atoms with Crippen LogP contribution in [-0.2, 0) is 0 Å². The van der Waals surface area contributed by atoms with Crippen LogP contribution in [0, 0.1) is 4.77 Å². The van der Waals surface area contributed by atoms with E-state index in [-0.39, 0.29) is 16.0 Å². The molecule has 3 aromatic rings. The van der Waals surface area contributed by atoms with E-state index in [2.05, 4.69) is 20.2 Å². The number of ether oxygens (including phenoxy) is 2. The van der Waals surface area contributed by atoms with Crippen molar-refractivity contribution in [2.45, 2.75) is 0 Å². The molecule has 7 nitrogen and oxygen atoms in total. The van der Waals surface area contributed by atoms with Crippen molar-refractivity contribution < 1.29 is 9.47 Å². The molecule has 0 saturated carbocycles. The summed E-state index contributed by atoms with van der Waals surface area (Å²) >= 11 is 4.85. The summed E-state index contributed by atoms with van der Waals surface area (Å²) in [5, 5.41) is 6.58. The largest absolute Gasteiger partial charge is 0.493 e. The van der Waals surface area contributed by atoms with E-state index in [4.69, 9.17) is 21.7 Å². The third-order valence-corrected chi connectivity index (χ3v) is 3.79. The van der Waals surface area contributed by atoms with E-state index in [0.29, 0.717) is 22.7 Å². The predicted octanol–water partition coefficient (Wildman–Crippen LogP) is 3.26. The van der Waals surface area contributed by atoms with Crippen LogP contribution in [0.15, 0.2) is 52.3 Å². The molecular formula is C18H16N4O3S. The van der Waals surface area contributed by atoms with Gasteiger partial charge in [-0.05, 0) is 48.1 Å². The number of aromatic amines is 2. The molecule has 0 amide bonds. The highest BCUT2D eigenvalue weighted by Crippen LogP contribution is 2.27. The fraction of sp³-hybridized carbons (Fsp3) is 0.111. The van der Waals surface area contributed by atoms with Crippen LogP contribution in [0.3, 0.4) is 0 Å². The van der Waals surface area contributed by atoms with E-state index in [1.807, 2.05) is 24.3 Å². The van der Waals surface area contributed by atoms with Gasteiger partial charge < -0.3 is 9.47 Å². The summed E-state index contributed by atoms with van der Waals surface area (Å²) in [6.07, 6.45) is 1.71. The van der Waals surface area contributed by atoms with Crippen molar-refractivity contribution in [1.29, 1.82) is 0 Å². The van der Waals surface area contributed by atoms with Gasteiger partial charge in [0.05, 0.1) is 19.9 Å². The smallest absolute Gasteiger partial charge is 0.278 e. The number of hydrogen-bond donors (Lipinski definition) is 2. The van der Waals surface area contributed by atoms with Gasteiger partial charge in [-0.1, -0.05) is 12.1 Å². The first kappa shape index (κ1) is 17.6. The van der Waals surface area contributed by atoms with Crippen molar-refractivity contribution >= 4 is 24.1 Å². The Labute approximate surface area is 154 Å². The molecule has 1 aromatic heterocycles. The molecule has 0 aliphatic carbocycles. The summed E-state index contributed by atoms with van der Waals surface area (Å²) in [5.74, 6) is 1.28. The molecule has 0 aliphatic heterocycles. The number of benzene rings is 2. The van der Waals surface area contributed by atoms with E-state index in [0.717, 1.165) is 5.56 Å². The van der Waals surface area contributed by atoms with Gasteiger partial charge in [-0.25, -0.2) is 0 Å². The lowest BCUT2D eigenvalue weighted by atomic mass is 10.1. The van der Waals surface area contributed by atoms with Crippen molar-refractivity contribution in [2.75, 3.05) is 14.2 Å². The molecular weight excluding hydrogens is 352 g/mol. The molecule has 0 unspecified atom stereocenters. The monoisotopic (exact) mass is 368 g/mol. The van der Waals surface area contributed by atoms with Gasteiger partial charge in [-0.15, -0.1) is 0 Å². The maximum absolute atomic E-state index is 12.0. The van der Waals surface area contributed by atoms with Crippen LogP contribution in [0.4, 0.5) is 5.69 Å². The minimum absolute atomic E-state index is 0.182. The highest BCUT2D eigenvalue weighted by atomic mass is 32.1. The fourth-order valence-corrected chi connectivity index (χ4v) is 2.50. The zero-order valence-corrected chi connectivity index (χ0v) is 15.0. The van der Waals surface area contributed by atoms with Crippen LogP contribution in [0.5, 0.6) is 11.5 Å². The molecule has 0 aliphatic rings.